The molecule has 0 spiro atoms. The van der Waals surface area contributed by atoms with Gasteiger partial charge in [0.15, 0.2) is 0 Å². The van der Waals surface area contributed by atoms with E-state index in [9.17, 15) is 5.11 Å². The van der Waals surface area contributed by atoms with Gasteiger partial charge in [0, 0.05) is 0 Å². The first-order valence-corrected chi connectivity index (χ1v) is 4.35. The quantitative estimate of drug-likeness (QED) is 0.576. The van der Waals surface area contributed by atoms with Gasteiger partial charge >= 0.3 is 0 Å². The second-order valence-electron chi connectivity index (χ2n) is 3.33. The molecule has 2 nitrogen and oxygen atoms in total. The van der Waals surface area contributed by atoms with Gasteiger partial charge in [0.1, 0.15) is 6.10 Å². The van der Waals surface area contributed by atoms with Gasteiger partial charge in [-0.2, -0.15) is 0 Å². The first-order chi connectivity index (χ1) is 5.31. The summed E-state index contributed by atoms with van der Waals surface area (Å²) in [5, 5.41) is 9.53. The van der Waals surface area contributed by atoms with Gasteiger partial charge in [0.25, 0.3) is 0 Å². The van der Waals surface area contributed by atoms with Gasteiger partial charge in [-0.3, -0.25) is 0 Å². The Balaban J connectivity index is 2.17. The maximum Gasteiger partial charge on any atom is 0.105 e. The highest BCUT2D eigenvalue weighted by Gasteiger charge is 2.35. The van der Waals surface area contributed by atoms with Crippen LogP contribution in [0, 0.1) is 0 Å². The summed E-state index contributed by atoms with van der Waals surface area (Å²) < 4.78 is 5.57. The van der Waals surface area contributed by atoms with Crippen LogP contribution in [-0.4, -0.2) is 23.4 Å². The molecule has 1 fully saturated rings. The Morgan fingerprint density at radius 1 is 1.64 bits per heavy atom. The lowest BCUT2D eigenvalue weighted by Crippen LogP contribution is -2.34. The summed E-state index contributed by atoms with van der Waals surface area (Å²) in [7, 11) is 0. The lowest BCUT2D eigenvalue weighted by atomic mass is 10.0. The molecule has 2 aliphatic heterocycles. The van der Waals surface area contributed by atoms with Crippen LogP contribution in [0.3, 0.4) is 0 Å². The van der Waals surface area contributed by atoms with E-state index in [1.807, 2.05) is 0 Å². The second-order valence-corrected chi connectivity index (χ2v) is 3.33. The Morgan fingerprint density at radius 3 is 3.18 bits per heavy atom. The highest BCUT2D eigenvalue weighted by Crippen LogP contribution is 2.33. The zero-order valence-electron chi connectivity index (χ0n) is 6.79. The van der Waals surface area contributed by atoms with E-state index in [0.717, 1.165) is 19.3 Å². The van der Waals surface area contributed by atoms with Crippen LogP contribution < -0.4 is 0 Å². The molecule has 2 rings (SSSR count). The number of aliphatic hydroxyl groups is 1. The molecule has 62 valence electrons. The molecule has 0 aliphatic carbocycles. The van der Waals surface area contributed by atoms with Crippen LogP contribution in [0.4, 0.5) is 0 Å². The highest BCUT2D eigenvalue weighted by atomic mass is 16.5. The third-order valence-electron chi connectivity index (χ3n) is 2.59. The lowest BCUT2D eigenvalue weighted by molar-refractivity contribution is -0.0672. The lowest BCUT2D eigenvalue weighted by Gasteiger charge is -2.27. The van der Waals surface area contributed by atoms with Crippen molar-refractivity contribution in [3.05, 3.63) is 11.6 Å². The summed E-state index contributed by atoms with van der Waals surface area (Å²) in [5.41, 5.74) is 1.29. The van der Waals surface area contributed by atoms with Crippen molar-refractivity contribution in [2.24, 2.45) is 0 Å². The average Bonchev–Trinajstić information content (AvgIpc) is 2.37. The predicted octanol–water partition coefficient (Wildman–Crippen LogP) is 1.24. The van der Waals surface area contributed by atoms with Gasteiger partial charge < -0.3 is 9.84 Å². The van der Waals surface area contributed by atoms with Crippen molar-refractivity contribution < 1.29 is 9.84 Å². The smallest absolute Gasteiger partial charge is 0.105 e. The Hall–Kier alpha value is -0.340. The average molecular weight is 154 g/mol. The first kappa shape index (κ1) is 7.32. The van der Waals surface area contributed by atoms with Gasteiger partial charge in [-0.15, -0.1) is 0 Å². The van der Waals surface area contributed by atoms with Crippen LogP contribution in [0.15, 0.2) is 11.6 Å². The summed E-state index contributed by atoms with van der Waals surface area (Å²) in [4.78, 5) is 0. The van der Waals surface area contributed by atoms with Crippen LogP contribution >= 0.6 is 0 Å². The van der Waals surface area contributed by atoms with Gasteiger partial charge in [0.05, 0.1) is 12.2 Å². The van der Waals surface area contributed by atoms with Crippen molar-refractivity contribution in [2.45, 2.75) is 44.5 Å². The van der Waals surface area contributed by atoms with Crippen molar-refractivity contribution in [1.82, 2.24) is 0 Å². The molecule has 3 atom stereocenters. The van der Waals surface area contributed by atoms with Crippen LogP contribution in [0.5, 0.6) is 0 Å². The minimum absolute atomic E-state index is 0.0266. The van der Waals surface area contributed by atoms with E-state index >= 15 is 0 Å². The van der Waals surface area contributed by atoms with E-state index in [4.69, 9.17) is 4.74 Å². The molecule has 2 heterocycles. The zero-order chi connectivity index (χ0) is 7.84. The molecule has 0 amide bonds. The fourth-order valence-corrected chi connectivity index (χ4v) is 1.94. The van der Waals surface area contributed by atoms with Gasteiger partial charge in [-0.05, 0) is 24.8 Å². The van der Waals surface area contributed by atoms with Crippen molar-refractivity contribution >= 4 is 0 Å². The zero-order valence-corrected chi connectivity index (χ0v) is 6.79. The molecule has 0 radical (unpaired) electrons. The first-order valence-electron chi connectivity index (χ1n) is 4.35. The van der Waals surface area contributed by atoms with Gasteiger partial charge in [-0.25, -0.2) is 0 Å². The number of aliphatic hydroxyl groups excluding tert-OH is 1. The monoisotopic (exact) mass is 154 g/mol. The SMILES string of the molecule is CCC1=C[C@@H]2CC[C@H](O)[C@H]1O2. The molecule has 0 saturated carbocycles. The molecule has 0 aromatic carbocycles. The van der Waals surface area contributed by atoms with E-state index in [1.54, 1.807) is 0 Å². The van der Waals surface area contributed by atoms with Gasteiger partial charge in [-0.1, -0.05) is 13.0 Å². The molecular weight excluding hydrogens is 140 g/mol. The third kappa shape index (κ3) is 1.10. The number of fused-ring (bicyclic) bond motifs is 2. The van der Waals surface area contributed by atoms with Crippen LogP contribution in [0.1, 0.15) is 26.2 Å². The van der Waals surface area contributed by atoms with Crippen LogP contribution in [0.25, 0.3) is 0 Å². The van der Waals surface area contributed by atoms with E-state index in [-0.39, 0.29) is 12.2 Å². The summed E-state index contributed by atoms with van der Waals surface area (Å²) >= 11 is 0. The maximum atomic E-state index is 9.53. The third-order valence-corrected chi connectivity index (χ3v) is 2.59. The second kappa shape index (κ2) is 2.61. The number of hydrogen-bond donors (Lipinski definition) is 1. The van der Waals surface area contributed by atoms with E-state index in [1.165, 1.54) is 5.57 Å². The highest BCUT2D eigenvalue weighted by molar-refractivity contribution is 5.20. The molecule has 1 N–H and O–H groups in total. The molecular formula is C9H14O2. The van der Waals surface area contributed by atoms with E-state index in [0.29, 0.717) is 6.10 Å². The fraction of sp³-hybridized carbons (Fsp3) is 0.778. The summed E-state index contributed by atoms with van der Waals surface area (Å²) in [6.07, 6.45) is 5.16. The maximum absolute atomic E-state index is 9.53. The largest absolute Gasteiger partial charge is 0.390 e. The Labute approximate surface area is 66.9 Å². The van der Waals surface area contributed by atoms with Crippen molar-refractivity contribution in [1.29, 1.82) is 0 Å². The fourth-order valence-electron chi connectivity index (χ4n) is 1.94. The molecule has 0 aromatic rings. The van der Waals surface area contributed by atoms with Crippen LogP contribution in [0.2, 0.25) is 0 Å². The number of hydrogen-bond acceptors (Lipinski definition) is 2. The van der Waals surface area contributed by atoms with E-state index in [2.05, 4.69) is 13.0 Å². The summed E-state index contributed by atoms with van der Waals surface area (Å²) in [6, 6.07) is 0. The van der Waals surface area contributed by atoms with Crippen LogP contribution in [-0.2, 0) is 4.74 Å². The minimum Gasteiger partial charge on any atom is -0.390 e. The van der Waals surface area contributed by atoms with Crippen molar-refractivity contribution in [3.8, 4) is 0 Å². The minimum atomic E-state index is -0.250. The molecule has 2 heteroatoms. The van der Waals surface area contributed by atoms with Crippen molar-refractivity contribution in [2.75, 3.05) is 0 Å². The Kier molecular flexibility index (Phi) is 1.74. The van der Waals surface area contributed by atoms with Crippen molar-refractivity contribution in [3.63, 3.8) is 0 Å². The molecule has 2 aliphatic rings. The Morgan fingerprint density at radius 2 is 2.45 bits per heavy atom. The van der Waals surface area contributed by atoms with E-state index < -0.39 is 0 Å². The normalized spacial score (nSPS) is 42.4. The Bertz CT molecular complexity index is 186. The molecule has 2 bridgehead atoms. The predicted molar refractivity (Wildman–Crippen MR) is 42.3 cm³/mol. The van der Waals surface area contributed by atoms with Gasteiger partial charge in [0.2, 0.25) is 0 Å². The number of rotatable bonds is 1. The molecule has 1 saturated heterocycles. The molecule has 0 unspecified atom stereocenters. The molecule has 0 aromatic heterocycles. The topological polar surface area (TPSA) is 29.5 Å². The molecule has 11 heavy (non-hydrogen) atoms. The summed E-state index contributed by atoms with van der Waals surface area (Å²) in [5.74, 6) is 0. The summed E-state index contributed by atoms with van der Waals surface area (Å²) in [6.45, 7) is 2.11. The standard InChI is InChI=1S/C9H14O2/c1-2-6-5-7-3-4-8(10)9(6)11-7/h5,7-10H,2-4H2,1H3/t7-,8-,9-/m0/s1. The number of ether oxygens (including phenoxy) is 1.